The van der Waals surface area contributed by atoms with Gasteiger partial charge in [-0.15, -0.1) is 0 Å². The highest BCUT2D eigenvalue weighted by Crippen LogP contribution is 2.39. The lowest BCUT2D eigenvalue weighted by molar-refractivity contribution is 0.324. The summed E-state index contributed by atoms with van der Waals surface area (Å²) in [5.41, 5.74) is 3.30. The zero-order valence-electron chi connectivity index (χ0n) is 22.2. The van der Waals surface area contributed by atoms with Crippen molar-refractivity contribution in [2.24, 2.45) is 0 Å². The van der Waals surface area contributed by atoms with Gasteiger partial charge in [-0.3, -0.25) is 0 Å². The van der Waals surface area contributed by atoms with Crippen molar-refractivity contribution >= 4 is 10.8 Å². The molecular formula is C32H28O6. The van der Waals surface area contributed by atoms with E-state index in [0.29, 0.717) is 34.5 Å². The fourth-order valence-corrected chi connectivity index (χ4v) is 4.00. The predicted octanol–water partition coefficient (Wildman–Crippen LogP) is 5.69. The lowest BCUT2D eigenvalue weighted by atomic mass is 10.0. The number of benzene rings is 4. The maximum Gasteiger partial charge on any atom is 0.203 e. The molecule has 0 fully saturated rings. The molecule has 0 aliphatic heterocycles. The van der Waals surface area contributed by atoms with Crippen LogP contribution < -0.4 is 28.4 Å². The Morgan fingerprint density at radius 2 is 0.684 bits per heavy atom. The molecule has 4 aromatic rings. The lowest BCUT2D eigenvalue weighted by Crippen LogP contribution is -1.95. The van der Waals surface area contributed by atoms with Crippen LogP contribution in [0.4, 0.5) is 0 Å². The molecule has 0 bridgehead atoms. The maximum atomic E-state index is 5.42. The third-order valence-corrected chi connectivity index (χ3v) is 5.87. The van der Waals surface area contributed by atoms with Crippen molar-refractivity contribution in [2.75, 3.05) is 42.7 Å². The minimum absolute atomic E-state index is 0.537. The van der Waals surface area contributed by atoms with Crippen LogP contribution in [-0.4, -0.2) is 42.7 Å². The molecule has 0 radical (unpaired) electrons. The molecule has 0 atom stereocenters. The van der Waals surface area contributed by atoms with Gasteiger partial charge in [0.05, 0.1) is 42.7 Å². The summed E-state index contributed by atoms with van der Waals surface area (Å²) in [7, 11) is 9.49. The minimum atomic E-state index is 0.537. The fraction of sp³-hybridized carbons (Fsp3) is 0.188. The molecule has 0 aliphatic carbocycles. The molecule has 0 heterocycles. The first-order chi connectivity index (χ1) is 18.5. The van der Waals surface area contributed by atoms with Crippen molar-refractivity contribution in [1.29, 1.82) is 0 Å². The van der Waals surface area contributed by atoms with Gasteiger partial charge < -0.3 is 28.4 Å². The summed E-state index contributed by atoms with van der Waals surface area (Å²) in [4.78, 5) is 0. The summed E-state index contributed by atoms with van der Waals surface area (Å²) >= 11 is 0. The number of hydrogen-bond acceptors (Lipinski definition) is 6. The topological polar surface area (TPSA) is 55.4 Å². The molecule has 6 nitrogen and oxygen atoms in total. The van der Waals surface area contributed by atoms with E-state index in [0.717, 1.165) is 33.0 Å². The van der Waals surface area contributed by atoms with E-state index in [-0.39, 0.29) is 0 Å². The summed E-state index contributed by atoms with van der Waals surface area (Å²) in [6.45, 7) is 0. The standard InChI is InChI=1S/C32H28O6/c1-33-27-17-23(18-28(34-2)31(27)37-5)9-7-21-11-13-26-16-22(12-14-25(26)15-21)8-10-24-19-29(35-3)32(38-6)30(20-24)36-4/h11-20H,1-6H3. The molecule has 0 saturated carbocycles. The molecule has 0 saturated heterocycles. The molecule has 192 valence electrons. The van der Waals surface area contributed by atoms with E-state index < -0.39 is 0 Å². The number of rotatable bonds is 6. The van der Waals surface area contributed by atoms with E-state index in [9.17, 15) is 0 Å². The molecule has 0 amide bonds. The van der Waals surface area contributed by atoms with Gasteiger partial charge in [0.2, 0.25) is 11.5 Å². The molecule has 4 aromatic carbocycles. The third kappa shape index (κ3) is 5.56. The van der Waals surface area contributed by atoms with Crippen LogP contribution in [0.2, 0.25) is 0 Å². The predicted molar refractivity (Wildman–Crippen MR) is 148 cm³/mol. The van der Waals surface area contributed by atoms with Gasteiger partial charge in [0.1, 0.15) is 0 Å². The fourth-order valence-electron chi connectivity index (χ4n) is 4.00. The number of hydrogen-bond donors (Lipinski definition) is 0. The quantitative estimate of drug-likeness (QED) is 0.312. The van der Waals surface area contributed by atoms with Gasteiger partial charge in [-0.05, 0) is 59.3 Å². The highest BCUT2D eigenvalue weighted by Gasteiger charge is 2.13. The Balaban J connectivity index is 1.61. The normalized spacial score (nSPS) is 9.95. The van der Waals surface area contributed by atoms with Crippen LogP contribution in [0.5, 0.6) is 34.5 Å². The third-order valence-electron chi connectivity index (χ3n) is 5.87. The van der Waals surface area contributed by atoms with E-state index in [2.05, 4.69) is 35.8 Å². The van der Waals surface area contributed by atoms with Gasteiger partial charge in [0.25, 0.3) is 0 Å². The highest BCUT2D eigenvalue weighted by molar-refractivity contribution is 5.85. The van der Waals surface area contributed by atoms with Crippen LogP contribution in [0.1, 0.15) is 22.3 Å². The number of ether oxygens (including phenoxy) is 6. The van der Waals surface area contributed by atoms with Crippen LogP contribution in [0, 0.1) is 23.7 Å². The van der Waals surface area contributed by atoms with Crippen LogP contribution in [0.25, 0.3) is 10.8 Å². The Hall–Kier alpha value is -4.94. The molecule has 0 N–H and O–H groups in total. The smallest absolute Gasteiger partial charge is 0.203 e. The van der Waals surface area contributed by atoms with E-state index in [1.807, 2.05) is 48.5 Å². The second-order valence-electron chi connectivity index (χ2n) is 8.10. The summed E-state index contributed by atoms with van der Waals surface area (Å²) < 4.78 is 32.4. The molecule has 0 aromatic heterocycles. The zero-order valence-corrected chi connectivity index (χ0v) is 22.2. The Morgan fingerprint density at radius 3 is 0.974 bits per heavy atom. The Kier molecular flexibility index (Phi) is 8.16. The van der Waals surface area contributed by atoms with Gasteiger partial charge in [-0.2, -0.15) is 0 Å². The van der Waals surface area contributed by atoms with Crippen LogP contribution in [-0.2, 0) is 0 Å². The highest BCUT2D eigenvalue weighted by atomic mass is 16.5. The van der Waals surface area contributed by atoms with Crippen molar-refractivity contribution < 1.29 is 28.4 Å². The van der Waals surface area contributed by atoms with E-state index in [4.69, 9.17) is 28.4 Å². The Morgan fingerprint density at radius 1 is 0.368 bits per heavy atom. The van der Waals surface area contributed by atoms with Gasteiger partial charge in [-0.25, -0.2) is 0 Å². The first kappa shape index (κ1) is 26.1. The minimum Gasteiger partial charge on any atom is -0.493 e. The maximum absolute atomic E-state index is 5.42. The number of methoxy groups -OCH3 is 6. The average molecular weight is 509 g/mol. The molecule has 6 heteroatoms. The van der Waals surface area contributed by atoms with Gasteiger partial charge >= 0.3 is 0 Å². The Labute approximate surface area is 223 Å². The van der Waals surface area contributed by atoms with Crippen LogP contribution >= 0.6 is 0 Å². The van der Waals surface area contributed by atoms with Gasteiger partial charge in [0, 0.05) is 22.3 Å². The number of fused-ring (bicyclic) bond motifs is 1. The van der Waals surface area contributed by atoms with Crippen molar-refractivity contribution in [1.82, 2.24) is 0 Å². The van der Waals surface area contributed by atoms with Crippen LogP contribution in [0.15, 0.2) is 60.7 Å². The first-order valence-electron chi connectivity index (χ1n) is 11.7. The van der Waals surface area contributed by atoms with Gasteiger partial charge in [-0.1, -0.05) is 35.8 Å². The first-order valence-corrected chi connectivity index (χ1v) is 11.7. The SMILES string of the molecule is COc1cc(C#Cc2ccc3cc(C#Cc4cc(OC)c(OC)c(OC)c4)ccc3c2)cc(OC)c1OC. The van der Waals surface area contributed by atoms with Crippen molar-refractivity contribution in [3.63, 3.8) is 0 Å². The van der Waals surface area contributed by atoms with Gasteiger partial charge in [0.15, 0.2) is 23.0 Å². The summed E-state index contributed by atoms with van der Waals surface area (Å²) in [6, 6.07) is 19.5. The van der Waals surface area contributed by atoms with Crippen molar-refractivity contribution in [3.05, 3.63) is 82.9 Å². The zero-order chi connectivity index (χ0) is 27.1. The second-order valence-corrected chi connectivity index (χ2v) is 8.10. The van der Waals surface area contributed by atoms with E-state index in [1.165, 1.54) is 0 Å². The monoisotopic (exact) mass is 508 g/mol. The van der Waals surface area contributed by atoms with Crippen molar-refractivity contribution in [2.45, 2.75) is 0 Å². The molecule has 4 rings (SSSR count). The largest absolute Gasteiger partial charge is 0.493 e. The summed E-state index contributed by atoms with van der Waals surface area (Å²) in [5, 5.41) is 2.14. The molecule has 0 spiro atoms. The van der Waals surface area contributed by atoms with E-state index in [1.54, 1.807) is 42.7 Å². The molecule has 0 unspecified atom stereocenters. The molecular weight excluding hydrogens is 480 g/mol. The van der Waals surface area contributed by atoms with Crippen molar-refractivity contribution in [3.8, 4) is 58.2 Å². The summed E-state index contributed by atoms with van der Waals surface area (Å²) in [6.07, 6.45) is 0. The molecule has 38 heavy (non-hydrogen) atoms. The molecule has 0 aliphatic rings. The van der Waals surface area contributed by atoms with Crippen LogP contribution in [0.3, 0.4) is 0 Å². The summed E-state index contributed by atoms with van der Waals surface area (Å²) in [5.74, 6) is 16.1. The average Bonchev–Trinajstić information content (AvgIpc) is 2.97. The Bertz CT molecular complexity index is 1430. The van der Waals surface area contributed by atoms with E-state index >= 15 is 0 Å². The lowest BCUT2D eigenvalue weighted by Gasteiger charge is -2.12. The second kappa shape index (κ2) is 11.9.